The van der Waals surface area contributed by atoms with Crippen LogP contribution >= 0.6 is 0 Å². The molecule has 1 atom stereocenters. The number of nitrogens with two attached hydrogens (primary N) is 1. The van der Waals surface area contributed by atoms with Gasteiger partial charge in [-0.15, -0.1) is 0 Å². The summed E-state index contributed by atoms with van der Waals surface area (Å²) in [5.41, 5.74) is 5.51. The van der Waals surface area contributed by atoms with E-state index >= 15 is 0 Å². The molecule has 2 N–H and O–H groups in total. The molecule has 0 heterocycles. The van der Waals surface area contributed by atoms with Crippen molar-refractivity contribution in [2.24, 2.45) is 11.1 Å². The van der Waals surface area contributed by atoms with E-state index in [0.717, 1.165) is 0 Å². The van der Waals surface area contributed by atoms with Gasteiger partial charge >= 0.3 is 0 Å². The summed E-state index contributed by atoms with van der Waals surface area (Å²) < 4.78 is 22.8. The fourth-order valence-corrected chi connectivity index (χ4v) is 2.84. The topological polar surface area (TPSA) is 60.2 Å². The van der Waals surface area contributed by atoms with Crippen molar-refractivity contribution in [3.05, 3.63) is 0 Å². The monoisotopic (exact) mass is 207 g/mol. The third kappa shape index (κ3) is 8.25. The maximum absolute atomic E-state index is 11.4. The maximum Gasteiger partial charge on any atom is 0.151 e. The lowest BCUT2D eigenvalue weighted by atomic mass is 9.94. The first-order chi connectivity index (χ1) is 5.62. The average Bonchev–Trinajstić information content (AvgIpc) is 1.79. The molecule has 0 aliphatic rings. The molecular weight excluding hydrogens is 186 g/mol. The van der Waals surface area contributed by atoms with Crippen LogP contribution in [0.3, 0.4) is 0 Å². The van der Waals surface area contributed by atoms with Crippen molar-refractivity contribution in [1.82, 2.24) is 0 Å². The number of rotatable bonds is 4. The Bertz CT molecular complexity index is 237. The summed E-state index contributed by atoms with van der Waals surface area (Å²) in [5, 5.41) is 0. The maximum atomic E-state index is 11.4. The Morgan fingerprint density at radius 1 is 1.31 bits per heavy atom. The summed E-state index contributed by atoms with van der Waals surface area (Å²) in [5.74, 6) is 0.348. The lowest BCUT2D eigenvalue weighted by Gasteiger charge is -2.18. The summed E-state index contributed by atoms with van der Waals surface area (Å²) in [6.07, 6.45) is 0.696. The summed E-state index contributed by atoms with van der Waals surface area (Å²) in [4.78, 5) is 0. The van der Waals surface area contributed by atoms with Crippen LogP contribution in [0.25, 0.3) is 0 Å². The van der Waals surface area contributed by atoms with Gasteiger partial charge in [0, 0.05) is 6.04 Å². The Balaban J connectivity index is 4.06. The Kier molecular flexibility index (Phi) is 4.39. The molecule has 13 heavy (non-hydrogen) atoms. The predicted octanol–water partition coefficient (Wildman–Crippen LogP) is 1.18. The van der Waals surface area contributed by atoms with Crippen LogP contribution in [0.2, 0.25) is 0 Å². The Morgan fingerprint density at radius 2 is 1.77 bits per heavy atom. The van der Waals surface area contributed by atoms with Crippen LogP contribution in [-0.4, -0.2) is 26.0 Å². The second-order valence-electron chi connectivity index (χ2n) is 4.90. The van der Waals surface area contributed by atoms with E-state index in [4.69, 9.17) is 5.73 Å². The highest BCUT2D eigenvalue weighted by Gasteiger charge is 2.18. The molecule has 0 saturated heterocycles. The third-order valence-electron chi connectivity index (χ3n) is 1.68. The van der Waals surface area contributed by atoms with Gasteiger partial charge in [-0.25, -0.2) is 8.42 Å². The zero-order valence-corrected chi connectivity index (χ0v) is 9.82. The van der Waals surface area contributed by atoms with E-state index in [0.29, 0.717) is 6.42 Å². The van der Waals surface area contributed by atoms with E-state index in [1.807, 2.05) is 20.8 Å². The van der Waals surface area contributed by atoms with Crippen LogP contribution in [0.4, 0.5) is 0 Å². The molecule has 0 aliphatic carbocycles. The van der Waals surface area contributed by atoms with Gasteiger partial charge in [-0.1, -0.05) is 20.8 Å². The molecule has 0 fully saturated rings. The SMILES string of the molecule is CC(N)CS(=O)(=O)CCC(C)(C)C. The summed E-state index contributed by atoms with van der Waals surface area (Å²) in [7, 11) is -2.94. The van der Waals surface area contributed by atoms with Gasteiger partial charge in [0.1, 0.15) is 0 Å². The molecule has 1 unspecified atom stereocenters. The van der Waals surface area contributed by atoms with E-state index in [1.165, 1.54) is 0 Å². The second-order valence-corrected chi connectivity index (χ2v) is 7.13. The Labute approximate surface area is 81.6 Å². The van der Waals surface area contributed by atoms with Crippen LogP contribution in [-0.2, 0) is 9.84 Å². The van der Waals surface area contributed by atoms with Gasteiger partial charge in [0.25, 0.3) is 0 Å². The van der Waals surface area contributed by atoms with Gasteiger partial charge in [-0.3, -0.25) is 0 Å². The largest absolute Gasteiger partial charge is 0.327 e. The molecule has 0 bridgehead atoms. The van der Waals surface area contributed by atoms with Crippen molar-refractivity contribution >= 4 is 9.84 Å². The van der Waals surface area contributed by atoms with Crippen molar-refractivity contribution in [2.45, 2.75) is 40.2 Å². The van der Waals surface area contributed by atoms with Crippen LogP contribution in [0.1, 0.15) is 34.1 Å². The highest BCUT2D eigenvalue weighted by molar-refractivity contribution is 7.91. The van der Waals surface area contributed by atoms with E-state index < -0.39 is 9.84 Å². The molecule has 0 rings (SSSR count). The number of sulfone groups is 1. The minimum Gasteiger partial charge on any atom is -0.327 e. The first-order valence-corrected chi connectivity index (χ1v) is 6.40. The van der Waals surface area contributed by atoms with E-state index in [2.05, 4.69) is 0 Å². The predicted molar refractivity (Wildman–Crippen MR) is 56.4 cm³/mol. The Hall–Kier alpha value is -0.0900. The van der Waals surface area contributed by atoms with Crippen LogP contribution < -0.4 is 5.73 Å². The lowest BCUT2D eigenvalue weighted by molar-refractivity contribution is 0.397. The highest BCUT2D eigenvalue weighted by atomic mass is 32.2. The standard InChI is InChI=1S/C9H21NO2S/c1-8(10)7-13(11,12)6-5-9(2,3)4/h8H,5-7,10H2,1-4H3. The van der Waals surface area contributed by atoms with E-state index in [-0.39, 0.29) is 23.0 Å². The third-order valence-corrected chi connectivity index (χ3v) is 3.54. The first-order valence-electron chi connectivity index (χ1n) is 4.58. The minimum atomic E-state index is -2.94. The molecule has 4 heteroatoms. The normalized spacial score (nSPS) is 15.8. The molecule has 0 aromatic heterocycles. The van der Waals surface area contributed by atoms with Crippen molar-refractivity contribution in [3.63, 3.8) is 0 Å². The molecule has 0 aliphatic heterocycles. The number of hydrogen-bond acceptors (Lipinski definition) is 3. The second kappa shape index (κ2) is 4.42. The van der Waals surface area contributed by atoms with E-state index in [1.54, 1.807) is 6.92 Å². The Morgan fingerprint density at radius 3 is 2.08 bits per heavy atom. The van der Waals surface area contributed by atoms with Crippen LogP contribution in [0.15, 0.2) is 0 Å². The van der Waals surface area contributed by atoms with Gasteiger partial charge in [-0.05, 0) is 18.8 Å². The van der Waals surface area contributed by atoms with Crippen LogP contribution in [0.5, 0.6) is 0 Å². The number of hydrogen-bond donors (Lipinski definition) is 1. The zero-order valence-electron chi connectivity index (χ0n) is 9.00. The fraction of sp³-hybridized carbons (Fsp3) is 1.00. The van der Waals surface area contributed by atoms with E-state index in [9.17, 15) is 8.42 Å². The molecule has 0 radical (unpaired) electrons. The van der Waals surface area contributed by atoms with Gasteiger partial charge in [0.05, 0.1) is 11.5 Å². The summed E-state index contributed by atoms with van der Waals surface area (Å²) in [6.45, 7) is 7.83. The molecule has 3 nitrogen and oxygen atoms in total. The van der Waals surface area contributed by atoms with Gasteiger partial charge < -0.3 is 5.73 Å². The summed E-state index contributed by atoms with van der Waals surface area (Å²) >= 11 is 0. The molecule has 0 aromatic carbocycles. The zero-order chi connectivity index (χ0) is 10.7. The van der Waals surface area contributed by atoms with Crippen molar-refractivity contribution in [1.29, 1.82) is 0 Å². The molecule has 0 saturated carbocycles. The molecule has 80 valence electrons. The van der Waals surface area contributed by atoms with Crippen molar-refractivity contribution < 1.29 is 8.42 Å². The average molecular weight is 207 g/mol. The van der Waals surface area contributed by atoms with Crippen molar-refractivity contribution in [2.75, 3.05) is 11.5 Å². The smallest absolute Gasteiger partial charge is 0.151 e. The summed E-state index contributed by atoms with van der Waals surface area (Å²) in [6, 6.07) is -0.259. The van der Waals surface area contributed by atoms with Crippen molar-refractivity contribution in [3.8, 4) is 0 Å². The molecular formula is C9H21NO2S. The van der Waals surface area contributed by atoms with Gasteiger partial charge in [0.15, 0.2) is 9.84 Å². The van der Waals surface area contributed by atoms with Gasteiger partial charge in [-0.2, -0.15) is 0 Å². The highest BCUT2D eigenvalue weighted by Crippen LogP contribution is 2.19. The minimum absolute atomic E-state index is 0.0743. The van der Waals surface area contributed by atoms with Crippen LogP contribution in [0, 0.1) is 5.41 Å². The van der Waals surface area contributed by atoms with Gasteiger partial charge in [0.2, 0.25) is 0 Å². The first kappa shape index (κ1) is 12.9. The molecule has 0 aromatic rings. The fourth-order valence-electron chi connectivity index (χ4n) is 0.946. The molecule has 0 spiro atoms. The molecule has 0 amide bonds. The lowest BCUT2D eigenvalue weighted by Crippen LogP contribution is -2.28. The quantitative estimate of drug-likeness (QED) is 0.753.